The van der Waals surface area contributed by atoms with Crippen molar-refractivity contribution in [2.75, 3.05) is 12.4 Å². The van der Waals surface area contributed by atoms with Gasteiger partial charge in [0, 0.05) is 10.7 Å². The van der Waals surface area contributed by atoms with Gasteiger partial charge in [0.1, 0.15) is 10.9 Å². The molecule has 0 atom stereocenters. The summed E-state index contributed by atoms with van der Waals surface area (Å²) in [6.45, 7) is 0. The Morgan fingerprint density at radius 3 is 2.89 bits per heavy atom. The summed E-state index contributed by atoms with van der Waals surface area (Å²) in [5.74, 6) is 0.225. The quantitative estimate of drug-likeness (QED) is 0.870. The van der Waals surface area contributed by atoms with E-state index in [4.69, 9.17) is 16.3 Å². The summed E-state index contributed by atoms with van der Waals surface area (Å²) in [6, 6.07) is 6.62. The maximum atomic E-state index is 12.1. The number of anilines is 1. The molecule has 0 spiro atoms. The van der Waals surface area contributed by atoms with Gasteiger partial charge in [-0.2, -0.15) is 0 Å². The lowest BCUT2D eigenvalue weighted by atomic mass is 10.2. The fourth-order valence-electron chi connectivity index (χ4n) is 1.42. The third kappa shape index (κ3) is 3.42. The van der Waals surface area contributed by atoms with E-state index in [0.29, 0.717) is 11.3 Å². The molecule has 0 fully saturated rings. The van der Waals surface area contributed by atoms with Crippen molar-refractivity contribution in [2.24, 2.45) is 0 Å². The van der Waals surface area contributed by atoms with Gasteiger partial charge in [-0.3, -0.25) is 10.1 Å². The molecule has 2 aromatic rings. The van der Waals surface area contributed by atoms with Crippen LogP contribution in [-0.4, -0.2) is 23.0 Å². The van der Waals surface area contributed by atoms with E-state index in [2.05, 4.69) is 31.2 Å². The topological polar surface area (TPSA) is 64.1 Å². The predicted octanol–water partition coefficient (Wildman–Crippen LogP) is 3.15. The standard InChI is InChI=1S/C12H9BrClN3O2/c1-19-9-6-7(13)2-3-8(9)11(18)17-12-15-5-4-10(14)16-12/h2-6H,1H3,(H,15,16,17,18). The molecule has 2 rings (SSSR count). The zero-order valence-corrected chi connectivity index (χ0v) is 12.2. The number of ether oxygens (including phenoxy) is 1. The molecule has 5 nitrogen and oxygen atoms in total. The Kier molecular flexibility index (Phi) is 4.34. The molecule has 0 aliphatic rings. The monoisotopic (exact) mass is 341 g/mol. The van der Waals surface area contributed by atoms with Gasteiger partial charge >= 0.3 is 0 Å². The smallest absolute Gasteiger partial charge is 0.261 e. The maximum Gasteiger partial charge on any atom is 0.261 e. The van der Waals surface area contributed by atoms with Crippen LogP contribution in [0.25, 0.3) is 0 Å². The van der Waals surface area contributed by atoms with Gasteiger partial charge in [0.15, 0.2) is 0 Å². The first kappa shape index (κ1) is 13.8. The Hall–Kier alpha value is -1.66. The van der Waals surface area contributed by atoms with E-state index in [1.165, 1.54) is 19.4 Å². The molecule has 0 unspecified atom stereocenters. The first-order valence-corrected chi connectivity index (χ1v) is 6.40. The first-order chi connectivity index (χ1) is 9.10. The van der Waals surface area contributed by atoms with E-state index in [1.54, 1.807) is 18.2 Å². The molecular weight excluding hydrogens is 334 g/mol. The van der Waals surface area contributed by atoms with Crippen LogP contribution in [0.2, 0.25) is 5.15 Å². The fraction of sp³-hybridized carbons (Fsp3) is 0.0833. The summed E-state index contributed by atoms with van der Waals surface area (Å²) < 4.78 is 5.97. The van der Waals surface area contributed by atoms with E-state index in [9.17, 15) is 4.79 Å². The molecule has 1 aromatic carbocycles. The SMILES string of the molecule is COc1cc(Br)ccc1C(=O)Nc1nccc(Cl)n1. The molecule has 0 saturated carbocycles. The van der Waals surface area contributed by atoms with Crippen LogP contribution < -0.4 is 10.1 Å². The fourth-order valence-corrected chi connectivity index (χ4v) is 1.89. The van der Waals surface area contributed by atoms with Crippen LogP contribution in [0.5, 0.6) is 5.75 Å². The van der Waals surface area contributed by atoms with Gasteiger partial charge in [-0.25, -0.2) is 9.97 Å². The van der Waals surface area contributed by atoms with Gasteiger partial charge in [0.2, 0.25) is 5.95 Å². The molecule has 1 heterocycles. The third-order valence-corrected chi connectivity index (χ3v) is 2.96. The summed E-state index contributed by atoms with van der Waals surface area (Å²) >= 11 is 9.03. The lowest BCUT2D eigenvalue weighted by Crippen LogP contribution is -2.15. The number of benzene rings is 1. The lowest BCUT2D eigenvalue weighted by Gasteiger charge is -2.08. The van der Waals surface area contributed by atoms with Gasteiger partial charge in [0.25, 0.3) is 5.91 Å². The minimum Gasteiger partial charge on any atom is -0.496 e. The van der Waals surface area contributed by atoms with Crippen LogP contribution in [0.1, 0.15) is 10.4 Å². The van der Waals surface area contributed by atoms with Crippen molar-refractivity contribution in [3.63, 3.8) is 0 Å². The van der Waals surface area contributed by atoms with Gasteiger partial charge < -0.3 is 4.74 Å². The summed E-state index contributed by atoms with van der Waals surface area (Å²) in [7, 11) is 1.49. The van der Waals surface area contributed by atoms with E-state index >= 15 is 0 Å². The minimum atomic E-state index is -0.369. The van der Waals surface area contributed by atoms with Crippen molar-refractivity contribution in [2.45, 2.75) is 0 Å². The molecule has 1 aromatic heterocycles. The van der Waals surface area contributed by atoms with Crippen molar-refractivity contribution in [3.8, 4) is 5.75 Å². The average Bonchev–Trinajstić information content (AvgIpc) is 2.38. The second-order valence-corrected chi connectivity index (χ2v) is 4.80. The van der Waals surface area contributed by atoms with Crippen LogP contribution in [-0.2, 0) is 0 Å². The Morgan fingerprint density at radius 1 is 1.42 bits per heavy atom. The number of rotatable bonds is 3. The highest BCUT2D eigenvalue weighted by molar-refractivity contribution is 9.10. The number of nitrogens with zero attached hydrogens (tertiary/aromatic N) is 2. The highest BCUT2D eigenvalue weighted by Gasteiger charge is 2.13. The number of carbonyl (C=O) groups excluding carboxylic acids is 1. The second-order valence-electron chi connectivity index (χ2n) is 3.50. The number of halogens is 2. The van der Waals surface area contributed by atoms with E-state index in [0.717, 1.165) is 4.47 Å². The number of methoxy groups -OCH3 is 1. The number of amides is 1. The van der Waals surface area contributed by atoms with Gasteiger partial charge in [-0.15, -0.1) is 0 Å². The van der Waals surface area contributed by atoms with E-state index < -0.39 is 0 Å². The van der Waals surface area contributed by atoms with Gasteiger partial charge in [-0.1, -0.05) is 27.5 Å². The van der Waals surface area contributed by atoms with Crippen LogP contribution in [0, 0.1) is 0 Å². The van der Waals surface area contributed by atoms with Crippen molar-refractivity contribution < 1.29 is 9.53 Å². The van der Waals surface area contributed by atoms with Crippen LogP contribution in [0.15, 0.2) is 34.9 Å². The van der Waals surface area contributed by atoms with Crippen LogP contribution in [0.4, 0.5) is 5.95 Å². The Bertz CT molecular complexity index is 622. The number of hydrogen-bond acceptors (Lipinski definition) is 4. The van der Waals surface area contributed by atoms with Gasteiger partial charge in [-0.05, 0) is 24.3 Å². The maximum absolute atomic E-state index is 12.1. The number of carbonyl (C=O) groups is 1. The number of nitrogens with one attached hydrogen (secondary N) is 1. The second kappa shape index (κ2) is 5.99. The van der Waals surface area contributed by atoms with E-state index in [-0.39, 0.29) is 17.0 Å². The molecule has 98 valence electrons. The molecule has 0 bridgehead atoms. The minimum absolute atomic E-state index is 0.141. The zero-order chi connectivity index (χ0) is 13.8. The number of hydrogen-bond donors (Lipinski definition) is 1. The Labute approximate surface area is 123 Å². The summed E-state index contributed by atoms with van der Waals surface area (Å²) in [5, 5.41) is 2.81. The lowest BCUT2D eigenvalue weighted by molar-refractivity contribution is 0.102. The molecule has 1 amide bonds. The summed E-state index contributed by atoms with van der Waals surface area (Å²) in [5.41, 5.74) is 0.384. The Morgan fingerprint density at radius 2 is 2.21 bits per heavy atom. The molecule has 0 saturated heterocycles. The highest BCUT2D eigenvalue weighted by Crippen LogP contribution is 2.24. The molecule has 7 heteroatoms. The largest absolute Gasteiger partial charge is 0.496 e. The molecular formula is C12H9BrClN3O2. The zero-order valence-electron chi connectivity index (χ0n) is 9.85. The van der Waals surface area contributed by atoms with Crippen molar-refractivity contribution >= 4 is 39.4 Å². The summed E-state index contributed by atoms with van der Waals surface area (Å²) in [4.78, 5) is 19.9. The van der Waals surface area contributed by atoms with Crippen LogP contribution in [0.3, 0.4) is 0 Å². The summed E-state index contributed by atoms with van der Waals surface area (Å²) in [6.07, 6.45) is 1.46. The van der Waals surface area contributed by atoms with Crippen molar-refractivity contribution in [3.05, 3.63) is 45.7 Å². The first-order valence-electron chi connectivity index (χ1n) is 5.23. The number of aromatic nitrogens is 2. The molecule has 0 radical (unpaired) electrons. The molecule has 0 aliphatic carbocycles. The molecule has 0 aliphatic heterocycles. The van der Waals surface area contributed by atoms with Crippen LogP contribution >= 0.6 is 27.5 Å². The third-order valence-electron chi connectivity index (χ3n) is 2.26. The average molecular weight is 343 g/mol. The highest BCUT2D eigenvalue weighted by atomic mass is 79.9. The molecule has 1 N–H and O–H groups in total. The van der Waals surface area contributed by atoms with Crippen molar-refractivity contribution in [1.29, 1.82) is 0 Å². The van der Waals surface area contributed by atoms with Gasteiger partial charge in [0.05, 0.1) is 12.7 Å². The normalized spacial score (nSPS) is 10.1. The molecule has 19 heavy (non-hydrogen) atoms. The predicted molar refractivity (Wildman–Crippen MR) is 75.7 cm³/mol. The van der Waals surface area contributed by atoms with Crippen molar-refractivity contribution in [1.82, 2.24) is 9.97 Å². The van der Waals surface area contributed by atoms with E-state index in [1.807, 2.05) is 0 Å². The Balaban J connectivity index is 2.25.